The van der Waals surface area contributed by atoms with Crippen molar-refractivity contribution in [3.05, 3.63) is 17.1 Å². The van der Waals surface area contributed by atoms with E-state index in [-0.39, 0.29) is 5.91 Å². The Bertz CT molecular complexity index is 466. The predicted molar refractivity (Wildman–Crippen MR) is 60.4 cm³/mol. The number of nitrogens with zero attached hydrogens (tertiary/aromatic N) is 3. The molecule has 0 unspecified atom stereocenters. The Balaban J connectivity index is 2.11. The van der Waals surface area contributed by atoms with E-state index in [1.165, 1.54) is 0 Å². The van der Waals surface area contributed by atoms with E-state index in [2.05, 4.69) is 9.97 Å². The molecule has 4 nitrogen and oxygen atoms in total. The Morgan fingerprint density at radius 2 is 2.12 bits per heavy atom. The van der Waals surface area contributed by atoms with Gasteiger partial charge in [-0.2, -0.15) is 0 Å². The third kappa shape index (κ3) is 1.32. The Kier molecular flexibility index (Phi) is 1.99. The molecule has 0 bridgehead atoms. The first-order chi connectivity index (χ1) is 7.70. The van der Waals surface area contributed by atoms with Crippen molar-refractivity contribution in [1.29, 1.82) is 0 Å². The smallest absolute Gasteiger partial charge is 0.233 e. The summed E-state index contributed by atoms with van der Waals surface area (Å²) in [7, 11) is 0. The topological polar surface area (TPSA) is 46.1 Å². The average Bonchev–Trinajstić information content (AvgIpc) is 3.02. The zero-order chi connectivity index (χ0) is 11.3. The molecule has 1 fully saturated rings. The molecule has 0 aromatic carbocycles. The fraction of sp³-hybridized carbons (Fsp3) is 0.583. The van der Waals surface area contributed by atoms with Gasteiger partial charge in [0.25, 0.3) is 0 Å². The van der Waals surface area contributed by atoms with Crippen molar-refractivity contribution in [3.63, 3.8) is 0 Å². The number of aryl methyl sites for hydroxylation is 2. The molecule has 0 spiro atoms. The number of carbonyl (C=O) groups is 1. The Hall–Kier alpha value is -1.45. The maximum Gasteiger partial charge on any atom is 0.233 e. The van der Waals surface area contributed by atoms with Gasteiger partial charge in [-0.3, -0.25) is 9.69 Å². The average molecular weight is 217 g/mol. The summed E-state index contributed by atoms with van der Waals surface area (Å²) in [4.78, 5) is 22.8. The highest BCUT2D eigenvalue weighted by Gasteiger charge is 2.40. The van der Waals surface area contributed by atoms with E-state index in [0.29, 0.717) is 12.5 Å². The van der Waals surface area contributed by atoms with Crippen LogP contribution in [0.4, 0.5) is 5.82 Å². The normalized spacial score (nSPS) is 19.1. The quantitative estimate of drug-likeness (QED) is 0.752. The van der Waals surface area contributed by atoms with Gasteiger partial charge < -0.3 is 0 Å². The largest absolute Gasteiger partial charge is 0.293 e. The fourth-order valence-electron chi connectivity index (χ4n) is 2.27. The second-order valence-electron chi connectivity index (χ2n) is 4.55. The highest BCUT2D eigenvalue weighted by Crippen LogP contribution is 2.38. The number of amides is 1. The van der Waals surface area contributed by atoms with Gasteiger partial charge >= 0.3 is 0 Å². The van der Waals surface area contributed by atoms with Gasteiger partial charge in [-0.1, -0.05) is 6.92 Å². The van der Waals surface area contributed by atoms with Crippen LogP contribution in [0.2, 0.25) is 0 Å². The van der Waals surface area contributed by atoms with Gasteiger partial charge in [0.05, 0.1) is 6.42 Å². The maximum absolute atomic E-state index is 11.9. The van der Waals surface area contributed by atoms with E-state index >= 15 is 0 Å². The summed E-state index contributed by atoms with van der Waals surface area (Å²) in [5.74, 6) is 1.93. The number of hydrogen-bond donors (Lipinski definition) is 0. The highest BCUT2D eigenvalue weighted by molar-refractivity contribution is 6.01. The molecular weight excluding hydrogens is 202 g/mol. The zero-order valence-electron chi connectivity index (χ0n) is 9.66. The predicted octanol–water partition coefficient (Wildman–Crippen LogP) is 1.40. The van der Waals surface area contributed by atoms with Crippen LogP contribution in [-0.2, 0) is 17.6 Å². The molecule has 0 radical (unpaired) electrons. The van der Waals surface area contributed by atoms with Gasteiger partial charge in [0.2, 0.25) is 5.91 Å². The molecule has 16 heavy (non-hydrogen) atoms. The van der Waals surface area contributed by atoms with E-state index in [0.717, 1.165) is 42.2 Å². The van der Waals surface area contributed by atoms with Crippen LogP contribution in [0.15, 0.2) is 0 Å². The molecule has 4 heteroatoms. The second kappa shape index (κ2) is 3.27. The Morgan fingerprint density at radius 1 is 1.38 bits per heavy atom. The zero-order valence-corrected chi connectivity index (χ0v) is 9.66. The van der Waals surface area contributed by atoms with E-state index < -0.39 is 0 Å². The first-order valence-electron chi connectivity index (χ1n) is 5.89. The lowest BCUT2D eigenvalue weighted by molar-refractivity contribution is -0.117. The van der Waals surface area contributed by atoms with E-state index in [9.17, 15) is 4.79 Å². The highest BCUT2D eigenvalue weighted by atomic mass is 16.2. The van der Waals surface area contributed by atoms with E-state index in [1.54, 1.807) is 0 Å². The van der Waals surface area contributed by atoms with Crippen molar-refractivity contribution in [1.82, 2.24) is 9.97 Å². The summed E-state index contributed by atoms with van der Waals surface area (Å²) >= 11 is 0. The molecule has 3 rings (SSSR count). The third-order valence-corrected chi connectivity index (χ3v) is 3.29. The molecule has 1 aromatic rings. The van der Waals surface area contributed by atoms with Gasteiger partial charge in [0, 0.05) is 23.7 Å². The minimum Gasteiger partial charge on any atom is -0.293 e. The van der Waals surface area contributed by atoms with Crippen molar-refractivity contribution in [2.75, 3.05) is 4.90 Å². The lowest BCUT2D eigenvalue weighted by atomic mass is 10.2. The van der Waals surface area contributed by atoms with Crippen LogP contribution < -0.4 is 4.90 Å². The molecule has 1 aliphatic heterocycles. The number of hydrogen-bond acceptors (Lipinski definition) is 3. The number of anilines is 1. The number of rotatable bonds is 2. The molecule has 84 valence electrons. The molecule has 1 aliphatic carbocycles. The van der Waals surface area contributed by atoms with E-state index in [4.69, 9.17) is 0 Å². The molecule has 0 N–H and O–H groups in total. The Morgan fingerprint density at radius 3 is 2.75 bits per heavy atom. The number of carbonyl (C=O) groups excluding carboxylic acids is 1. The summed E-state index contributed by atoms with van der Waals surface area (Å²) in [6, 6.07) is 0.410. The molecule has 2 aliphatic rings. The molecular formula is C12H15N3O. The molecule has 0 saturated heterocycles. The molecule has 1 saturated carbocycles. The van der Waals surface area contributed by atoms with Crippen LogP contribution >= 0.6 is 0 Å². The lowest BCUT2D eigenvalue weighted by Crippen LogP contribution is -2.29. The minimum absolute atomic E-state index is 0.197. The van der Waals surface area contributed by atoms with Gasteiger partial charge in [0.15, 0.2) is 0 Å². The lowest BCUT2D eigenvalue weighted by Gasteiger charge is -2.15. The van der Waals surface area contributed by atoms with Crippen molar-refractivity contribution < 1.29 is 4.79 Å². The van der Waals surface area contributed by atoms with Crippen LogP contribution in [0, 0.1) is 6.92 Å². The standard InChI is InChI=1S/C12H15N3O/c1-3-10-13-7(2)9-6-11(16)15(8-4-5-8)12(9)14-10/h8H,3-6H2,1-2H3. The fourth-order valence-corrected chi connectivity index (χ4v) is 2.27. The summed E-state index contributed by atoms with van der Waals surface area (Å²) in [6.45, 7) is 4.02. The Labute approximate surface area is 94.7 Å². The molecule has 0 atom stereocenters. The van der Waals surface area contributed by atoms with Crippen molar-refractivity contribution >= 4 is 11.7 Å². The van der Waals surface area contributed by atoms with Gasteiger partial charge in [-0.15, -0.1) is 0 Å². The first kappa shape index (κ1) is 9.75. The maximum atomic E-state index is 11.9. The van der Waals surface area contributed by atoms with Crippen LogP contribution in [-0.4, -0.2) is 21.9 Å². The molecule has 2 heterocycles. The van der Waals surface area contributed by atoms with Crippen LogP contribution in [0.1, 0.15) is 36.8 Å². The summed E-state index contributed by atoms with van der Waals surface area (Å²) in [6.07, 6.45) is 3.55. The van der Waals surface area contributed by atoms with E-state index in [1.807, 2.05) is 18.7 Å². The second-order valence-corrected chi connectivity index (χ2v) is 4.55. The van der Waals surface area contributed by atoms with Gasteiger partial charge in [-0.25, -0.2) is 9.97 Å². The van der Waals surface area contributed by atoms with Crippen LogP contribution in [0.5, 0.6) is 0 Å². The SMILES string of the molecule is CCc1nc(C)c2c(n1)N(C1CC1)C(=O)C2. The van der Waals surface area contributed by atoms with Crippen molar-refractivity contribution in [3.8, 4) is 0 Å². The molecule has 1 aromatic heterocycles. The number of fused-ring (bicyclic) bond motifs is 1. The summed E-state index contributed by atoms with van der Waals surface area (Å²) in [5, 5.41) is 0. The first-order valence-corrected chi connectivity index (χ1v) is 5.89. The third-order valence-electron chi connectivity index (χ3n) is 3.29. The summed E-state index contributed by atoms with van der Waals surface area (Å²) < 4.78 is 0. The van der Waals surface area contributed by atoms with Crippen LogP contribution in [0.25, 0.3) is 0 Å². The minimum atomic E-state index is 0.197. The summed E-state index contributed by atoms with van der Waals surface area (Å²) in [5.41, 5.74) is 2.01. The van der Waals surface area contributed by atoms with Gasteiger partial charge in [-0.05, 0) is 19.8 Å². The monoisotopic (exact) mass is 217 g/mol. The van der Waals surface area contributed by atoms with Gasteiger partial charge in [0.1, 0.15) is 11.6 Å². The van der Waals surface area contributed by atoms with Crippen molar-refractivity contribution in [2.24, 2.45) is 0 Å². The number of aromatic nitrogens is 2. The van der Waals surface area contributed by atoms with Crippen LogP contribution in [0.3, 0.4) is 0 Å². The van der Waals surface area contributed by atoms with Crippen molar-refractivity contribution in [2.45, 2.75) is 45.6 Å². The molecule has 1 amide bonds.